The van der Waals surface area contributed by atoms with E-state index < -0.39 is 0 Å². The smallest absolute Gasteiger partial charge is 0.00924 e. The molecular formula is C12H23N. The summed E-state index contributed by atoms with van der Waals surface area (Å²) in [6.45, 7) is 3.76. The van der Waals surface area contributed by atoms with Crippen LogP contribution in [-0.4, -0.2) is 13.1 Å². The maximum absolute atomic E-state index is 3.76. The molecule has 0 spiro atoms. The van der Waals surface area contributed by atoms with E-state index in [-0.39, 0.29) is 0 Å². The van der Waals surface area contributed by atoms with E-state index >= 15 is 0 Å². The Balaban J connectivity index is 2.20. The molecule has 0 aromatic carbocycles. The van der Waals surface area contributed by atoms with E-state index in [0.29, 0.717) is 0 Å². The molecule has 1 saturated carbocycles. The fraction of sp³-hybridized carbons (Fsp3) is 0.833. The van der Waals surface area contributed by atoms with Crippen molar-refractivity contribution in [2.75, 3.05) is 7.05 Å². The third kappa shape index (κ3) is 3.51. The van der Waals surface area contributed by atoms with Gasteiger partial charge in [-0.05, 0) is 45.1 Å². The van der Waals surface area contributed by atoms with Crippen molar-refractivity contribution in [3.63, 3.8) is 0 Å². The van der Waals surface area contributed by atoms with Crippen LogP contribution in [0.5, 0.6) is 0 Å². The third-order valence-electron chi connectivity index (χ3n) is 3.26. The van der Waals surface area contributed by atoms with Crippen molar-refractivity contribution in [2.24, 2.45) is 5.92 Å². The third-order valence-corrected chi connectivity index (χ3v) is 3.26. The number of rotatable bonds is 6. The first kappa shape index (κ1) is 10.8. The molecule has 0 aliphatic heterocycles. The molecule has 1 aliphatic rings. The number of nitrogens with one attached hydrogen (secondary N) is 1. The molecule has 76 valence electrons. The fourth-order valence-electron chi connectivity index (χ4n) is 2.46. The fourth-order valence-corrected chi connectivity index (χ4v) is 2.46. The van der Waals surface area contributed by atoms with Gasteiger partial charge in [0.2, 0.25) is 0 Å². The van der Waals surface area contributed by atoms with E-state index in [2.05, 4.69) is 18.9 Å². The minimum absolute atomic E-state index is 0.766. The van der Waals surface area contributed by atoms with Gasteiger partial charge in [0, 0.05) is 6.04 Å². The maximum atomic E-state index is 3.76. The van der Waals surface area contributed by atoms with Crippen LogP contribution in [0.25, 0.3) is 0 Å². The molecule has 0 amide bonds. The monoisotopic (exact) mass is 181 g/mol. The normalized spacial score (nSPS) is 20.4. The van der Waals surface area contributed by atoms with Gasteiger partial charge in [0.05, 0.1) is 0 Å². The molecule has 13 heavy (non-hydrogen) atoms. The highest BCUT2D eigenvalue weighted by Crippen LogP contribution is 2.29. The summed E-state index contributed by atoms with van der Waals surface area (Å²) in [6.07, 6.45) is 11.6. The summed E-state index contributed by atoms with van der Waals surface area (Å²) in [5.74, 6) is 0.954. The van der Waals surface area contributed by atoms with Crippen molar-refractivity contribution in [3.8, 4) is 0 Å². The summed E-state index contributed by atoms with van der Waals surface area (Å²) in [5.41, 5.74) is 0. The first-order chi connectivity index (χ1) is 6.38. The first-order valence-electron chi connectivity index (χ1n) is 5.66. The molecule has 0 bridgehead atoms. The Kier molecular flexibility index (Phi) is 5.14. The van der Waals surface area contributed by atoms with Gasteiger partial charge in [-0.25, -0.2) is 0 Å². The van der Waals surface area contributed by atoms with Crippen LogP contribution in [0.15, 0.2) is 12.7 Å². The predicted octanol–water partition coefficient (Wildman–Crippen LogP) is 3.12. The van der Waals surface area contributed by atoms with Gasteiger partial charge in [-0.1, -0.05) is 18.9 Å². The van der Waals surface area contributed by atoms with Crippen molar-refractivity contribution in [3.05, 3.63) is 12.7 Å². The van der Waals surface area contributed by atoms with Crippen LogP contribution in [0.4, 0.5) is 0 Å². The zero-order valence-corrected chi connectivity index (χ0v) is 8.89. The van der Waals surface area contributed by atoms with Crippen LogP contribution >= 0.6 is 0 Å². The minimum atomic E-state index is 0.766. The quantitative estimate of drug-likeness (QED) is 0.490. The Morgan fingerprint density at radius 1 is 1.46 bits per heavy atom. The van der Waals surface area contributed by atoms with Gasteiger partial charge >= 0.3 is 0 Å². The number of unbranched alkanes of at least 4 members (excludes halogenated alkanes) is 1. The summed E-state index contributed by atoms with van der Waals surface area (Å²) in [4.78, 5) is 0. The molecular weight excluding hydrogens is 158 g/mol. The van der Waals surface area contributed by atoms with Gasteiger partial charge in [-0.3, -0.25) is 0 Å². The average Bonchev–Trinajstić information content (AvgIpc) is 2.65. The molecule has 1 heteroatoms. The van der Waals surface area contributed by atoms with E-state index in [1.54, 1.807) is 0 Å². The summed E-state index contributed by atoms with van der Waals surface area (Å²) in [7, 11) is 2.11. The highest BCUT2D eigenvalue weighted by atomic mass is 14.9. The van der Waals surface area contributed by atoms with Gasteiger partial charge in [0.25, 0.3) is 0 Å². The second-order valence-corrected chi connectivity index (χ2v) is 4.16. The van der Waals surface area contributed by atoms with Crippen LogP contribution in [0, 0.1) is 5.92 Å². The standard InChI is InChI=1S/C12H23N/c1-3-4-5-10-12(13-2)11-8-6-7-9-11/h3,11-13H,1,4-10H2,2H3. The average molecular weight is 181 g/mol. The predicted molar refractivity (Wildman–Crippen MR) is 58.9 cm³/mol. The van der Waals surface area contributed by atoms with E-state index in [1.165, 1.54) is 44.9 Å². The van der Waals surface area contributed by atoms with Crippen molar-refractivity contribution in [1.82, 2.24) is 5.32 Å². The van der Waals surface area contributed by atoms with Gasteiger partial charge in [0.1, 0.15) is 0 Å². The molecule has 1 rings (SSSR count). The largest absolute Gasteiger partial charge is 0.317 e. The van der Waals surface area contributed by atoms with E-state index in [4.69, 9.17) is 0 Å². The number of allylic oxidation sites excluding steroid dienone is 1. The van der Waals surface area contributed by atoms with E-state index in [0.717, 1.165) is 12.0 Å². The van der Waals surface area contributed by atoms with Crippen molar-refractivity contribution >= 4 is 0 Å². The molecule has 1 unspecified atom stereocenters. The zero-order chi connectivity index (χ0) is 9.52. The Bertz CT molecular complexity index is 136. The van der Waals surface area contributed by atoms with Crippen molar-refractivity contribution in [1.29, 1.82) is 0 Å². The Morgan fingerprint density at radius 2 is 2.15 bits per heavy atom. The molecule has 1 fully saturated rings. The lowest BCUT2D eigenvalue weighted by molar-refractivity contribution is 0.354. The second-order valence-electron chi connectivity index (χ2n) is 4.16. The minimum Gasteiger partial charge on any atom is -0.317 e. The first-order valence-corrected chi connectivity index (χ1v) is 5.66. The molecule has 0 aromatic heterocycles. The second kappa shape index (κ2) is 6.20. The molecule has 0 heterocycles. The number of hydrogen-bond acceptors (Lipinski definition) is 1. The van der Waals surface area contributed by atoms with E-state index in [9.17, 15) is 0 Å². The van der Waals surface area contributed by atoms with Gasteiger partial charge < -0.3 is 5.32 Å². The highest BCUT2D eigenvalue weighted by molar-refractivity contribution is 4.80. The Hall–Kier alpha value is -0.300. The molecule has 0 saturated heterocycles. The van der Waals surface area contributed by atoms with Crippen molar-refractivity contribution < 1.29 is 0 Å². The lowest BCUT2D eigenvalue weighted by atomic mass is 9.94. The maximum Gasteiger partial charge on any atom is 0.00924 e. The van der Waals surface area contributed by atoms with Crippen LogP contribution in [0.2, 0.25) is 0 Å². The lowest BCUT2D eigenvalue weighted by Crippen LogP contribution is -2.32. The molecule has 1 N–H and O–H groups in total. The molecule has 1 nitrogen and oxygen atoms in total. The summed E-state index contributed by atoms with van der Waals surface area (Å²) in [5, 5.41) is 3.47. The van der Waals surface area contributed by atoms with Crippen LogP contribution in [-0.2, 0) is 0 Å². The van der Waals surface area contributed by atoms with Gasteiger partial charge in [0.15, 0.2) is 0 Å². The Morgan fingerprint density at radius 3 is 2.69 bits per heavy atom. The summed E-state index contributed by atoms with van der Waals surface area (Å²) in [6, 6.07) is 0.766. The number of hydrogen-bond donors (Lipinski definition) is 1. The highest BCUT2D eigenvalue weighted by Gasteiger charge is 2.22. The SMILES string of the molecule is C=CCCCC(NC)C1CCCC1. The summed E-state index contributed by atoms with van der Waals surface area (Å²) >= 11 is 0. The van der Waals surface area contributed by atoms with Gasteiger partial charge in [-0.2, -0.15) is 0 Å². The molecule has 0 aromatic rings. The molecule has 1 atom stereocenters. The lowest BCUT2D eigenvalue weighted by Gasteiger charge is -2.22. The van der Waals surface area contributed by atoms with Crippen LogP contribution < -0.4 is 5.32 Å². The van der Waals surface area contributed by atoms with Gasteiger partial charge in [-0.15, -0.1) is 6.58 Å². The van der Waals surface area contributed by atoms with E-state index in [1.807, 2.05) is 6.08 Å². The summed E-state index contributed by atoms with van der Waals surface area (Å²) < 4.78 is 0. The van der Waals surface area contributed by atoms with Crippen LogP contribution in [0.1, 0.15) is 44.9 Å². The van der Waals surface area contributed by atoms with Crippen molar-refractivity contribution in [2.45, 2.75) is 51.0 Å². The molecule has 0 radical (unpaired) electrons. The molecule has 1 aliphatic carbocycles. The topological polar surface area (TPSA) is 12.0 Å². The Labute approximate surface area is 82.6 Å². The van der Waals surface area contributed by atoms with Crippen LogP contribution in [0.3, 0.4) is 0 Å². The zero-order valence-electron chi connectivity index (χ0n) is 8.89.